The monoisotopic (exact) mass is 502 g/mol. The Morgan fingerprint density at radius 1 is 1.03 bits per heavy atom. The van der Waals surface area contributed by atoms with Gasteiger partial charge < -0.3 is 30.1 Å². The van der Waals surface area contributed by atoms with E-state index in [2.05, 4.69) is 29.9 Å². The number of nitrogens with two attached hydrogens (primary N) is 2. The Hall–Kier alpha value is -4.65. The van der Waals surface area contributed by atoms with E-state index < -0.39 is 5.91 Å². The van der Waals surface area contributed by atoms with Crippen molar-refractivity contribution in [2.45, 2.75) is 6.54 Å². The molecule has 1 fully saturated rings. The van der Waals surface area contributed by atoms with Gasteiger partial charge >= 0.3 is 0 Å². The van der Waals surface area contributed by atoms with Crippen molar-refractivity contribution in [2.24, 2.45) is 5.73 Å². The number of hydrogen-bond donors (Lipinski definition) is 2. The number of piperazine rings is 1. The van der Waals surface area contributed by atoms with Gasteiger partial charge in [-0.3, -0.25) is 9.69 Å². The van der Waals surface area contributed by atoms with Crippen LogP contribution in [0.4, 0.5) is 11.6 Å². The number of primary amides is 1. The van der Waals surface area contributed by atoms with Gasteiger partial charge in [0.2, 0.25) is 11.8 Å². The van der Waals surface area contributed by atoms with E-state index in [9.17, 15) is 4.79 Å². The lowest BCUT2D eigenvalue weighted by Crippen LogP contribution is -2.47. The summed E-state index contributed by atoms with van der Waals surface area (Å²) in [6.45, 7) is 5.15. The van der Waals surface area contributed by atoms with Gasteiger partial charge in [0.15, 0.2) is 29.2 Å². The number of nitrogen functional groups attached to an aromatic ring is 1. The second-order valence-electron chi connectivity index (χ2n) is 8.81. The minimum Gasteiger partial charge on any atom is -0.484 e. The zero-order chi connectivity index (χ0) is 25.4. The molecule has 0 bridgehead atoms. The Kier molecular flexibility index (Phi) is 5.81. The number of benzene rings is 1. The maximum atomic E-state index is 10.9. The molecule has 5 heterocycles. The molecule has 190 valence electrons. The SMILES string of the molecule is NC(=O)COc1ccc(N2CCN(CCn3cnc4c3nc(N)n3nc(-c5ccco5)nc43)CC2)cc1. The first-order valence-electron chi connectivity index (χ1n) is 11.9. The molecule has 6 rings (SSSR count). The molecular formula is C24H26N10O3. The van der Waals surface area contributed by atoms with E-state index in [0.717, 1.165) is 45.0 Å². The maximum absolute atomic E-state index is 10.9. The van der Waals surface area contributed by atoms with Crippen molar-refractivity contribution in [3.05, 3.63) is 49.0 Å². The van der Waals surface area contributed by atoms with Crippen LogP contribution < -0.4 is 21.1 Å². The molecule has 0 spiro atoms. The molecule has 4 aromatic heterocycles. The minimum atomic E-state index is -0.492. The molecular weight excluding hydrogens is 476 g/mol. The van der Waals surface area contributed by atoms with Gasteiger partial charge in [-0.25, -0.2) is 9.97 Å². The van der Waals surface area contributed by atoms with E-state index in [4.69, 9.17) is 20.6 Å². The van der Waals surface area contributed by atoms with Crippen LogP contribution in [0.2, 0.25) is 0 Å². The topological polar surface area (TPSA) is 159 Å². The number of hydrogen-bond acceptors (Lipinski definition) is 10. The number of aromatic nitrogens is 6. The lowest BCUT2D eigenvalue weighted by Gasteiger charge is -2.36. The Balaban J connectivity index is 1.09. The maximum Gasteiger partial charge on any atom is 0.255 e. The Bertz CT molecular complexity index is 1530. The summed E-state index contributed by atoms with van der Waals surface area (Å²) in [4.78, 5) is 29.3. The Labute approximate surface area is 211 Å². The largest absolute Gasteiger partial charge is 0.484 e. The van der Waals surface area contributed by atoms with Gasteiger partial charge in [0, 0.05) is 45.0 Å². The molecule has 4 N–H and O–H groups in total. The van der Waals surface area contributed by atoms with Crippen molar-refractivity contribution < 1.29 is 13.9 Å². The van der Waals surface area contributed by atoms with E-state index >= 15 is 0 Å². The number of carbonyl (C=O) groups is 1. The molecule has 0 unspecified atom stereocenters. The molecule has 0 radical (unpaired) electrons. The summed E-state index contributed by atoms with van der Waals surface area (Å²) in [6, 6.07) is 11.3. The van der Waals surface area contributed by atoms with Crippen LogP contribution in [-0.4, -0.2) is 79.3 Å². The number of nitrogens with zero attached hydrogens (tertiary/aromatic N) is 8. The molecule has 37 heavy (non-hydrogen) atoms. The standard InChI is InChI=1S/C24H26N10O3/c25-19(35)14-37-17-5-3-16(4-6-17)32-10-7-31(8-11-32)9-12-33-15-27-20-22(33)29-24(26)34-23(20)28-21(30-34)18-2-1-13-36-18/h1-6,13,15H,7-12,14H2,(H2,25,35)(H2,26,29). The van der Waals surface area contributed by atoms with Crippen molar-refractivity contribution in [2.75, 3.05) is 50.0 Å². The predicted molar refractivity (Wildman–Crippen MR) is 136 cm³/mol. The minimum absolute atomic E-state index is 0.123. The molecule has 0 atom stereocenters. The summed E-state index contributed by atoms with van der Waals surface area (Å²) in [6.07, 6.45) is 3.35. The average Bonchev–Trinajstić information content (AvgIpc) is 3.67. The van der Waals surface area contributed by atoms with Crippen LogP contribution in [0.25, 0.3) is 28.4 Å². The van der Waals surface area contributed by atoms with Gasteiger partial charge in [-0.1, -0.05) is 0 Å². The number of fused-ring (bicyclic) bond motifs is 3. The first-order chi connectivity index (χ1) is 18.0. The van der Waals surface area contributed by atoms with Crippen LogP contribution in [0.5, 0.6) is 5.75 Å². The van der Waals surface area contributed by atoms with Gasteiger partial charge in [0.25, 0.3) is 5.91 Å². The molecule has 1 amide bonds. The molecule has 13 nitrogen and oxygen atoms in total. The first kappa shape index (κ1) is 22.8. The van der Waals surface area contributed by atoms with Crippen LogP contribution in [0.15, 0.2) is 53.4 Å². The van der Waals surface area contributed by atoms with Crippen molar-refractivity contribution in [1.82, 2.24) is 34.0 Å². The summed E-state index contributed by atoms with van der Waals surface area (Å²) in [5.41, 5.74) is 14.3. The van der Waals surface area contributed by atoms with E-state index in [1.165, 1.54) is 4.52 Å². The summed E-state index contributed by atoms with van der Waals surface area (Å²) in [5, 5.41) is 4.42. The third-order valence-corrected chi connectivity index (χ3v) is 6.42. The second kappa shape index (κ2) is 9.43. The van der Waals surface area contributed by atoms with Gasteiger partial charge in [-0.2, -0.15) is 9.50 Å². The third kappa shape index (κ3) is 4.51. The van der Waals surface area contributed by atoms with Crippen molar-refractivity contribution in [3.8, 4) is 17.3 Å². The van der Waals surface area contributed by atoms with E-state index in [1.54, 1.807) is 24.7 Å². The van der Waals surface area contributed by atoms with Crippen LogP contribution in [0.3, 0.4) is 0 Å². The molecule has 5 aromatic rings. The number of furan rings is 1. The molecule has 1 aromatic carbocycles. The average molecular weight is 503 g/mol. The number of anilines is 2. The van der Waals surface area contributed by atoms with Gasteiger partial charge in [-0.05, 0) is 36.4 Å². The summed E-state index contributed by atoms with van der Waals surface area (Å²) in [7, 11) is 0. The van der Waals surface area contributed by atoms with Crippen LogP contribution in [-0.2, 0) is 11.3 Å². The smallest absolute Gasteiger partial charge is 0.255 e. The lowest BCUT2D eigenvalue weighted by atomic mass is 10.2. The van der Waals surface area contributed by atoms with E-state index in [1.807, 2.05) is 28.8 Å². The number of amides is 1. The van der Waals surface area contributed by atoms with E-state index in [0.29, 0.717) is 34.1 Å². The highest BCUT2D eigenvalue weighted by Gasteiger charge is 2.20. The summed E-state index contributed by atoms with van der Waals surface area (Å²) >= 11 is 0. The van der Waals surface area contributed by atoms with Gasteiger partial charge in [0.05, 0.1) is 12.6 Å². The second-order valence-corrected chi connectivity index (χ2v) is 8.81. The van der Waals surface area contributed by atoms with Gasteiger partial charge in [0.1, 0.15) is 5.75 Å². The molecule has 1 saturated heterocycles. The van der Waals surface area contributed by atoms with Crippen LogP contribution in [0, 0.1) is 0 Å². The zero-order valence-electron chi connectivity index (χ0n) is 20.0. The van der Waals surface area contributed by atoms with Crippen LogP contribution in [0.1, 0.15) is 0 Å². The Morgan fingerprint density at radius 2 is 1.84 bits per heavy atom. The number of carbonyl (C=O) groups excluding carboxylic acids is 1. The summed E-state index contributed by atoms with van der Waals surface area (Å²) in [5.74, 6) is 1.38. The van der Waals surface area contributed by atoms with Crippen molar-refractivity contribution >= 4 is 34.4 Å². The molecule has 1 aliphatic heterocycles. The van der Waals surface area contributed by atoms with Crippen molar-refractivity contribution in [1.29, 1.82) is 0 Å². The lowest BCUT2D eigenvalue weighted by molar-refractivity contribution is -0.119. The molecule has 0 aliphatic carbocycles. The highest BCUT2D eigenvalue weighted by molar-refractivity contribution is 5.87. The highest BCUT2D eigenvalue weighted by Crippen LogP contribution is 2.23. The zero-order valence-corrected chi connectivity index (χ0v) is 20.0. The van der Waals surface area contributed by atoms with E-state index in [-0.39, 0.29) is 12.6 Å². The summed E-state index contributed by atoms with van der Waals surface area (Å²) < 4.78 is 14.3. The fraction of sp³-hybridized carbons (Fsp3) is 0.292. The quantitative estimate of drug-likeness (QED) is 0.313. The Morgan fingerprint density at radius 3 is 2.57 bits per heavy atom. The first-order valence-corrected chi connectivity index (χ1v) is 11.9. The number of ether oxygens (including phenoxy) is 1. The van der Waals surface area contributed by atoms with Crippen LogP contribution >= 0.6 is 0 Å². The predicted octanol–water partition coefficient (Wildman–Crippen LogP) is 1.00. The highest BCUT2D eigenvalue weighted by atomic mass is 16.5. The number of rotatable bonds is 8. The fourth-order valence-corrected chi connectivity index (χ4v) is 4.49. The van der Waals surface area contributed by atoms with Gasteiger partial charge in [-0.15, -0.1) is 5.10 Å². The molecule has 0 saturated carbocycles. The molecule has 13 heteroatoms. The fourth-order valence-electron chi connectivity index (χ4n) is 4.49. The molecule has 1 aliphatic rings. The third-order valence-electron chi connectivity index (χ3n) is 6.42. The number of imidazole rings is 1. The normalized spacial score (nSPS) is 14.5. The van der Waals surface area contributed by atoms with Crippen molar-refractivity contribution in [3.63, 3.8) is 0 Å².